The molecule has 0 unspecified atom stereocenters. The lowest BCUT2D eigenvalue weighted by molar-refractivity contribution is 0.263. The van der Waals surface area contributed by atoms with Crippen molar-refractivity contribution in [3.63, 3.8) is 0 Å². The van der Waals surface area contributed by atoms with Crippen LogP contribution in [0, 0.1) is 5.92 Å². The monoisotopic (exact) mass is 265 g/mol. The van der Waals surface area contributed by atoms with E-state index in [1.165, 1.54) is 25.7 Å². The summed E-state index contributed by atoms with van der Waals surface area (Å²) in [7, 11) is 0. The Bertz CT molecular complexity index is 366. The van der Waals surface area contributed by atoms with E-state index >= 15 is 0 Å². The standard InChI is InChI=1S/C15H27N3O/c1-4-5-6-7-10-17-14-9-8-13(16)15(18-14)19-11-12(2)3/h8-9,12H,4-7,10-11,16H2,1-3H3,(H,17,18). The second-order valence-corrected chi connectivity index (χ2v) is 5.28. The molecular formula is C15H27N3O. The zero-order chi connectivity index (χ0) is 14.1. The Hall–Kier alpha value is -1.45. The molecule has 0 saturated carbocycles. The van der Waals surface area contributed by atoms with Crippen molar-refractivity contribution >= 4 is 11.5 Å². The number of nitrogens with zero attached hydrogens (tertiary/aromatic N) is 1. The lowest BCUT2D eigenvalue weighted by atomic mass is 10.2. The van der Waals surface area contributed by atoms with E-state index in [1.54, 1.807) is 0 Å². The third-order valence-corrected chi connectivity index (χ3v) is 2.78. The maximum atomic E-state index is 5.85. The predicted molar refractivity (Wildman–Crippen MR) is 81.6 cm³/mol. The zero-order valence-corrected chi connectivity index (χ0v) is 12.4. The van der Waals surface area contributed by atoms with E-state index in [4.69, 9.17) is 10.5 Å². The van der Waals surface area contributed by atoms with Gasteiger partial charge in [-0.3, -0.25) is 0 Å². The number of anilines is 2. The molecule has 4 heteroatoms. The number of nitrogens with two attached hydrogens (primary N) is 1. The van der Waals surface area contributed by atoms with Crippen LogP contribution in [0.4, 0.5) is 11.5 Å². The molecule has 1 aromatic heterocycles. The van der Waals surface area contributed by atoms with Gasteiger partial charge in [0.1, 0.15) is 5.82 Å². The van der Waals surface area contributed by atoms with E-state index in [9.17, 15) is 0 Å². The Morgan fingerprint density at radius 3 is 2.74 bits per heavy atom. The van der Waals surface area contributed by atoms with Crippen LogP contribution in [0.2, 0.25) is 0 Å². The number of nitrogen functional groups attached to an aromatic ring is 1. The van der Waals surface area contributed by atoms with Crippen molar-refractivity contribution in [1.82, 2.24) is 4.98 Å². The molecule has 19 heavy (non-hydrogen) atoms. The number of pyridine rings is 1. The number of ether oxygens (including phenoxy) is 1. The Balaban J connectivity index is 2.43. The fourth-order valence-electron chi connectivity index (χ4n) is 1.68. The van der Waals surface area contributed by atoms with Gasteiger partial charge >= 0.3 is 0 Å². The van der Waals surface area contributed by atoms with Crippen LogP contribution in [0.25, 0.3) is 0 Å². The number of hydrogen-bond donors (Lipinski definition) is 2. The summed E-state index contributed by atoms with van der Waals surface area (Å²) in [6.45, 7) is 8.00. The van der Waals surface area contributed by atoms with E-state index in [0.29, 0.717) is 24.1 Å². The summed E-state index contributed by atoms with van der Waals surface area (Å²) >= 11 is 0. The molecule has 0 aromatic carbocycles. The van der Waals surface area contributed by atoms with Crippen molar-refractivity contribution in [1.29, 1.82) is 0 Å². The minimum atomic E-state index is 0.465. The minimum absolute atomic E-state index is 0.465. The van der Waals surface area contributed by atoms with Crippen LogP contribution < -0.4 is 15.8 Å². The van der Waals surface area contributed by atoms with Gasteiger partial charge in [-0.2, -0.15) is 4.98 Å². The normalized spacial score (nSPS) is 10.7. The largest absolute Gasteiger partial charge is 0.476 e. The molecule has 0 aliphatic carbocycles. The topological polar surface area (TPSA) is 60.2 Å². The van der Waals surface area contributed by atoms with Gasteiger partial charge in [-0.05, 0) is 24.5 Å². The molecule has 4 nitrogen and oxygen atoms in total. The van der Waals surface area contributed by atoms with E-state index < -0.39 is 0 Å². The number of nitrogens with one attached hydrogen (secondary N) is 1. The van der Waals surface area contributed by atoms with Crippen molar-refractivity contribution in [2.45, 2.75) is 46.5 Å². The Kier molecular flexibility index (Phi) is 7.08. The highest BCUT2D eigenvalue weighted by Crippen LogP contribution is 2.21. The van der Waals surface area contributed by atoms with Crippen molar-refractivity contribution in [3.8, 4) is 5.88 Å². The average molecular weight is 265 g/mol. The van der Waals surface area contributed by atoms with Gasteiger partial charge in [-0.15, -0.1) is 0 Å². The smallest absolute Gasteiger partial charge is 0.239 e. The molecule has 0 fully saturated rings. The molecule has 1 rings (SSSR count). The first-order chi connectivity index (χ1) is 9.13. The lowest BCUT2D eigenvalue weighted by Gasteiger charge is -2.12. The molecule has 0 aliphatic heterocycles. The third kappa shape index (κ3) is 6.32. The second-order valence-electron chi connectivity index (χ2n) is 5.28. The third-order valence-electron chi connectivity index (χ3n) is 2.78. The molecule has 0 spiro atoms. The molecule has 108 valence electrons. The summed E-state index contributed by atoms with van der Waals surface area (Å²) in [4.78, 5) is 4.40. The van der Waals surface area contributed by atoms with Gasteiger partial charge in [-0.1, -0.05) is 40.0 Å². The van der Waals surface area contributed by atoms with Crippen LogP contribution in [-0.2, 0) is 0 Å². The van der Waals surface area contributed by atoms with Crippen LogP contribution in [0.3, 0.4) is 0 Å². The highest BCUT2D eigenvalue weighted by molar-refractivity contribution is 5.53. The summed E-state index contributed by atoms with van der Waals surface area (Å²) in [6.07, 6.45) is 4.98. The molecule has 1 aromatic rings. The summed E-state index contributed by atoms with van der Waals surface area (Å²) in [5.74, 6) is 1.84. The lowest BCUT2D eigenvalue weighted by Crippen LogP contribution is -2.09. The van der Waals surface area contributed by atoms with Gasteiger partial charge < -0.3 is 15.8 Å². The van der Waals surface area contributed by atoms with E-state index in [2.05, 4.69) is 31.1 Å². The average Bonchev–Trinajstić information content (AvgIpc) is 2.38. The van der Waals surface area contributed by atoms with E-state index in [-0.39, 0.29) is 0 Å². The first-order valence-corrected chi connectivity index (χ1v) is 7.26. The van der Waals surface area contributed by atoms with Crippen LogP contribution in [0.5, 0.6) is 5.88 Å². The first-order valence-electron chi connectivity index (χ1n) is 7.26. The Morgan fingerprint density at radius 1 is 1.26 bits per heavy atom. The van der Waals surface area contributed by atoms with E-state index in [1.807, 2.05) is 12.1 Å². The van der Waals surface area contributed by atoms with Crippen molar-refractivity contribution in [3.05, 3.63) is 12.1 Å². The van der Waals surface area contributed by atoms with Gasteiger partial charge in [0.25, 0.3) is 0 Å². The van der Waals surface area contributed by atoms with Crippen LogP contribution in [0.15, 0.2) is 12.1 Å². The molecule has 3 N–H and O–H groups in total. The summed E-state index contributed by atoms with van der Waals surface area (Å²) in [5.41, 5.74) is 6.45. The highest BCUT2D eigenvalue weighted by Gasteiger charge is 2.05. The van der Waals surface area contributed by atoms with Gasteiger partial charge in [0.05, 0.1) is 12.3 Å². The molecule has 0 bridgehead atoms. The predicted octanol–water partition coefficient (Wildman–Crippen LogP) is 3.69. The van der Waals surface area contributed by atoms with Gasteiger partial charge in [0.15, 0.2) is 0 Å². The van der Waals surface area contributed by atoms with Crippen molar-refractivity contribution < 1.29 is 4.74 Å². The molecular weight excluding hydrogens is 238 g/mol. The van der Waals surface area contributed by atoms with Gasteiger partial charge in [0.2, 0.25) is 5.88 Å². The summed E-state index contributed by atoms with van der Waals surface area (Å²) in [5, 5.41) is 3.31. The SMILES string of the molecule is CCCCCCNc1ccc(N)c(OCC(C)C)n1. The fraction of sp³-hybridized carbons (Fsp3) is 0.667. The highest BCUT2D eigenvalue weighted by atomic mass is 16.5. The maximum Gasteiger partial charge on any atom is 0.239 e. The summed E-state index contributed by atoms with van der Waals surface area (Å²) in [6, 6.07) is 3.74. The van der Waals surface area contributed by atoms with Gasteiger partial charge in [0, 0.05) is 6.54 Å². The molecule has 0 amide bonds. The molecule has 0 radical (unpaired) electrons. The zero-order valence-electron chi connectivity index (χ0n) is 12.4. The van der Waals surface area contributed by atoms with Gasteiger partial charge in [-0.25, -0.2) is 0 Å². The molecule has 1 heterocycles. The molecule has 0 atom stereocenters. The van der Waals surface area contributed by atoms with Crippen molar-refractivity contribution in [2.75, 3.05) is 24.2 Å². The number of hydrogen-bond acceptors (Lipinski definition) is 4. The number of rotatable bonds is 9. The quantitative estimate of drug-likeness (QED) is 0.668. The van der Waals surface area contributed by atoms with E-state index in [0.717, 1.165) is 12.4 Å². The number of unbranched alkanes of at least 4 members (excludes halogenated alkanes) is 3. The number of aromatic nitrogens is 1. The van der Waals surface area contributed by atoms with Crippen LogP contribution in [0.1, 0.15) is 46.5 Å². The Labute approximate surface area is 116 Å². The molecule has 0 aliphatic rings. The second kappa shape index (κ2) is 8.62. The summed E-state index contributed by atoms with van der Waals surface area (Å²) < 4.78 is 5.61. The maximum absolute atomic E-state index is 5.85. The van der Waals surface area contributed by atoms with Crippen molar-refractivity contribution in [2.24, 2.45) is 5.92 Å². The Morgan fingerprint density at radius 2 is 2.05 bits per heavy atom. The first kappa shape index (κ1) is 15.6. The fourth-order valence-corrected chi connectivity index (χ4v) is 1.68. The van der Waals surface area contributed by atoms with Crippen LogP contribution in [-0.4, -0.2) is 18.1 Å². The minimum Gasteiger partial charge on any atom is -0.476 e. The molecule has 0 saturated heterocycles. The van der Waals surface area contributed by atoms with Crippen LogP contribution >= 0.6 is 0 Å².